The van der Waals surface area contributed by atoms with Crippen molar-refractivity contribution in [3.8, 4) is 0 Å². The molecule has 0 saturated heterocycles. The van der Waals surface area contributed by atoms with E-state index in [9.17, 15) is 15.0 Å². The minimum Gasteiger partial charge on any atom is -0.394 e. The summed E-state index contributed by atoms with van der Waals surface area (Å²) in [7, 11) is 0. The molecule has 0 unspecified atom stereocenters. The van der Waals surface area contributed by atoms with Gasteiger partial charge in [0.15, 0.2) is 0 Å². The second-order valence-electron chi connectivity index (χ2n) is 10.9. The fraction of sp³-hybridized carbons (Fsp3) is 0.794. The first-order valence-electron chi connectivity index (χ1n) is 16.2. The van der Waals surface area contributed by atoms with Crippen molar-refractivity contribution in [1.29, 1.82) is 0 Å². The third-order valence-corrected chi connectivity index (χ3v) is 7.10. The van der Waals surface area contributed by atoms with Gasteiger partial charge in [0.25, 0.3) is 0 Å². The second-order valence-corrected chi connectivity index (χ2v) is 10.9. The first-order chi connectivity index (χ1) is 18.7. The molecule has 0 rings (SSSR count). The second kappa shape index (κ2) is 30.2. The zero-order valence-corrected chi connectivity index (χ0v) is 25.2. The number of aliphatic hydroxyl groups excluding tert-OH is 2. The van der Waals surface area contributed by atoms with Crippen LogP contribution in [-0.4, -0.2) is 34.9 Å². The molecule has 2 atom stereocenters. The van der Waals surface area contributed by atoms with Gasteiger partial charge in [0, 0.05) is 6.42 Å². The van der Waals surface area contributed by atoms with E-state index in [0.29, 0.717) is 6.42 Å². The molecule has 0 aromatic heterocycles. The van der Waals surface area contributed by atoms with E-state index in [1.807, 2.05) is 6.08 Å². The molecule has 0 radical (unpaired) electrons. The summed E-state index contributed by atoms with van der Waals surface area (Å²) in [4.78, 5) is 12.2. The molecular formula is C34H63NO3. The normalized spacial score (nSPS) is 13.7. The minimum absolute atomic E-state index is 0.0840. The number of carbonyl (C=O) groups is 1. The molecule has 4 nitrogen and oxygen atoms in total. The Hall–Kier alpha value is -1.39. The van der Waals surface area contributed by atoms with Gasteiger partial charge >= 0.3 is 0 Å². The van der Waals surface area contributed by atoms with Crippen LogP contribution in [0.25, 0.3) is 0 Å². The number of amides is 1. The zero-order valence-electron chi connectivity index (χ0n) is 25.2. The molecule has 0 bridgehead atoms. The van der Waals surface area contributed by atoms with E-state index in [0.717, 1.165) is 32.1 Å². The summed E-state index contributed by atoms with van der Waals surface area (Å²) in [6, 6.07) is -0.636. The predicted molar refractivity (Wildman–Crippen MR) is 165 cm³/mol. The largest absolute Gasteiger partial charge is 0.394 e. The Morgan fingerprint density at radius 1 is 0.605 bits per heavy atom. The van der Waals surface area contributed by atoms with E-state index in [2.05, 4.69) is 43.5 Å². The number of aliphatic hydroxyl groups is 2. The van der Waals surface area contributed by atoms with Crippen LogP contribution in [0, 0.1) is 0 Å². The highest BCUT2D eigenvalue weighted by atomic mass is 16.3. The summed E-state index contributed by atoms with van der Waals surface area (Å²) in [5.74, 6) is -0.0840. The van der Waals surface area contributed by atoms with Crippen LogP contribution in [0.4, 0.5) is 0 Å². The van der Waals surface area contributed by atoms with Gasteiger partial charge in [-0.15, -0.1) is 0 Å². The van der Waals surface area contributed by atoms with Crippen molar-refractivity contribution < 1.29 is 15.0 Å². The first kappa shape index (κ1) is 36.6. The Labute approximate surface area is 236 Å². The number of rotatable bonds is 28. The SMILES string of the molecule is CCCCC/C=C/CC/C=C/[C@@H](O)[C@H](CO)NC(=O)CCCCCCCCC/C=C/CCCCCCCC. The summed E-state index contributed by atoms with van der Waals surface area (Å²) in [5, 5.41) is 22.7. The number of nitrogens with one attached hydrogen (secondary N) is 1. The molecule has 3 N–H and O–H groups in total. The van der Waals surface area contributed by atoms with Gasteiger partial charge in [-0.2, -0.15) is 0 Å². The van der Waals surface area contributed by atoms with Crippen LogP contribution in [0.3, 0.4) is 0 Å². The molecule has 4 heteroatoms. The number of hydrogen-bond donors (Lipinski definition) is 3. The smallest absolute Gasteiger partial charge is 0.220 e. The maximum Gasteiger partial charge on any atom is 0.220 e. The molecule has 0 heterocycles. The molecule has 1 amide bonds. The van der Waals surface area contributed by atoms with Crippen LogP contribution in [0.5, 0.6) is 0 Å². The Bertz CT molecular complexity index is 584. The van der Waals surface area contributed by atoms with E-state index >= 15 is 0 Å². The Morgan fingerprint density at radius 2 is 1.03 bits per heavy atom. The summed E-state index contributed by atoms with van der Waals surface area (Å²) in [6.07, 6.45) is 37.9. The highest BCUT2D eigenvalue weighted by Crippen LogP contribution is 2.11. The molecule has 0 aromatic rings. The fourth-order valence-corrected chi connectivity index (χ4v) is 4.54. The lowest BCUT2D eigenvalue weighted by molar-refractivity contribution is -0.123. The van der Waals surface area contributed by atoms with Gasteiger partial charge in [-0.3, -0.25) is 4.79 Å². The number of hydrogen-bond acceptors (Lipinski definition) is 3. The van der Waals surface area contributed by atoms with Crippen molar-refractivity contribution in [2.75, 3.05) is 6.61 Å². The Balaban J connectivity index is 3.66. The molecule has 0 spiro atoms. The molecule has 38 heavy (non-hydrogen) atoms. The summed E-state index contributed by atoms with van der Waals surface area (Å²) in [6.45, 7) is 4.22. The molecule has 0 aliphatic rings. The Kier molecular flexibility index (Phi) is 29.1. The Morgan fingerprint density at radius 3 is 1.58 bits per heavy atom. The number of carbonyl (C=O) groups excluding carboxylic acids is 1. The molecule has 0 saturated carbocycles. The van der Waals surface area contributed by atoms with E-state index in [1.165, 1.54) is 103 Å². The fourth-order valence-electron chi connectivity index (χ4n) is 4.54. The highest BCUT2D eigenvalue weighted by Gasteiger charge is 2.17. The van der Waals surface area contributed by atoms with Gasteiger partial charge in [0.2, 0.25) is 5.91 Å². The summed E-state index contributed by atoms with van der Waals surface area (Å²) in [5.41, 5.74) is 0. The maximum atomic E-state index is 12.2. The van der Waals surface area contributed by atoms with Crippen LogP contribution >= 0.6 is 0 Å². The lowest BCUT2D eigenvalue weighted by Crippen LogP contribution is -2.45. The highest BCUT2D eigenvalue weighted by molar-refractivity contribution is 5.76. The van der Waals surface area contributed by atoms with Crippen LogP contribution in [0.1, 0.15) is 155 Å². The quantitative estimate of drug-likeness (QED) is 0.0693. The van der Waals surface area contributed by atoms with Gasteiger partial charge < -0.3 is 15.5 Å². The summed E-state index contributed by atoms with van der Waals surface area (Å²) >= 11 is 0. The third kappa shape index (κ3) is 26.2. The van der Waals surface area contributed by atoms with Crippen molar-refractivity contribution in [2.45, 2.75) is 167 Å². The maximum absolute atomic E-state index is 12.2. The number of unbranched alkanes of at least 4 members (excludes halogenated alkanes) is 17. The topological polar surface area (TPSA) is 69.6 Å². The molecule has 0 aliphatic carbocycles. The van der Waals surface area contributed by atoms with Crippen molar-refractivity contribution in [2.24, 2.45) is 0 Å². The van der Waals surface area contributed by atoms with Gasteiger partial charge in [-0.05, 0) is 57.8 Å². The predicted octanol–water partition coefficient (Wildman–Crippen LogP) is 9.12. The van der Waals surface area contributed by atoms with Gasteiger partial charge in [-0.1, -0.05) is 127 Å². The standard InChI is InChI=1S/C34H63NO3/c1-3-5-7-9-11-13-14-15-16-17-18-19-20-22-24-26-28-30-34(38)35-32(31-36)33(37)29-27-25-23-21-12-10-8-6-4-2/h12,15-16,21,27,29,32-33,36-37H,3-11,13-14,17-20,22-26,28,30-31H2,1-2H3,(H,35,38)/b16-15+,21-12+,29-27+/t32-,33+/m0/s1. The average Bonchev–Trinajstić information content (AvgIpc) is 2.92. The monoisotopic (exact) mass is 533 g/mol. The van der Waals surface area contributed by atoms with Crippen LogP contribution in [0.15, 0.2) is 36.5 Å². The first-order valence-corrected chi connectivity index (χ1v) is 16.2. The molecule has 0 aromatic carbocycles. The van der Waals surface area contributed by atoms with Crippen LogP contribution in [0.2, 0.25) is 0 Å². The lowest BCUT2D eigenvalue weighted by Gasteiger charge is -2.19. The average molecular weight is 534 g/mol. The van der Waals surface area contributed by atoms with E-state index in [-0.39, 0.29) is 12.5 Å². The van der Waals surface area contributed by atoms with Crippen molar-refractivity contribution in [1.82, 2.24) is 5.32 Å². The van der Waals surface area contributed by atoms with Crippen molar-refractivity contribution >= 4 is 5.91 Å². The summed E-state index contributed by atoms with van der Waals surface area (Å²) < 4.78 is 0. The van der Waals surface area contributed by atoms with Crippen LogP contribution < -0.4 is 5.32 Å². The molecular weight excluding hydrogens is 470 g/mol. The van der Waals surface area contributed by atoms with E-state index in [1.54, 1.807) is 6.08 Å². The molecule has 0 fully saturated rings. The molecule has 0 aliphatic heterocycles. The van der Waals surface area contributed by atoms with Crippen molar-refractivity contribution in [3.63, 3.8) is 0 Å². The van der Waals surface area contributed by atoms with E-state index < -0.39 is 12.1 Å². The molecule has 222 valence electrons. The van der Waals surface area contributed by atoms with Crippen molar-refractivity contribution in [3.05, 3.63) is 36.5 Å². The van der Waals surface area contributed by atoms with Gasteiger partial charge in [0.1, 0.15) is 0 Å². The minimum atomic E-state index is -0.858. The lowest BCUT2D eigenvalue weighted by atomic mass is 10.1. The van der Waals surface area contributed by atoms with E-state index in [4.69, 9.17) is 0 Å². The number of allylic oxidation sites excluding steroid dienone is 5. The van der Waals surface area contributed by atoms with Gasteiger partial charge in [-0.25, -0.2) is 0 Å². The van der Waals surface area contributed by atoms with Gasteiger partial charge in [0.05, 0.1) is 18.8 Å². The third-order valence-electron chi connectivity index (χ3n) is 7.10. The zero-order chi connectivity index (χ0) is 27.9. The van der Waals surface area contributed by atoms with Crippen LogP contribution in [-0.2, 0) is 4.79 Å².